The number of hydrogen-bond acceptors (Lipinski definition) is 7. The van der Waals surface area contributed by atoms with Gasteiger partial charge in [-0.3, -0.25) is 9.59 Å². The molecule has 9 nitrogen and oxygen atoms in total. The van der Waals surface area contributed by atoms with Crippen molar-refractivity contribution in [3.63, 3.8) is 0 Å². The molecule has 0 saturated heterocycles. The van der Waals surface area contributed by atoms with Crippen LogP contribution in [0.1, 0.15) is 12.8 Å². The Hall–Kier alpha value is -3.07. The zero-order valence-electron chi connectivity index (χ0n) is 17.7. The fourth-order valence-electron chi connectivity index (χ4n) is 3.20. The van der Waals surface area contributed by atoms with Crippen molar-refractivity contribution in [3.8, 4) is 17.2 Å². The van der Waals surface area contributed by atoms with Crippen molar-refractivity contribution in [1.29, 1.82) is 0 Å². The van der Waals surface area contributed by atoms with Crippen LogP contribution in [-0.2, 0) is 11.8 Å². The minimum atomic E-state index is -0.335. The van der Waals surface area contributed by atoms with Crippen LogP contribution >= 0.6 is 0 Å². The zero-order valence-corrected chi connectivity index (χ0v) is 17.7. The van der Waals surface area contributed by atoms with Crippen LogP contribution < -0.4 is 24.7 Å². The largest absolute Gasteiger partial charge is 0.493 e. The number of carbonyl (C=O) groups excluding carboxylic acids is 1. The van der Waals surface area contributed by atoms with E-state index >= 15 is 0 Å². The number of para-hydroxylation sites is 2. The number of aryl methyl sites for hydroxylation is 1. The van der Waals surface area contributed by atoms with Crippen LogP contribution in [0.4, 0.5) is 5.69 Å². The highest BCUT2D eigenvalue weighted by Crippen LogP contribution is 2.27. The highest BCUT2D eigenvalue weighted by molar-refractivity contribution is 5.94. The summed E-state index contributed by atoms with van der Waals surface area (Å²) in [6.45, 7) is 2.61. The number of aromatic nitrogens is 2. The fraction of sp³-hybridized carbons (Fsp3) is 0.476. The van der Waals surface area contributed by atoms with Gasteiger partial charge in [0.15, 0.2) is 11.5 Å². The molecule has 1 aliphatic heterocycles. The summed E-state index contributed by atoms with van der Waals surface area (Å²) in [7, 11) is 5.11. The predicted molar refractivity (Wildman–Crippen MR) is 113 cm³/mol. The quantitative estimate of drug-likeness (QED) is 0.641. The number of hydrogen-bond donors (Lipinski definition) is 0. The van der Waals surface area contributed by atoms with Gasteiger partial charge < -0.3 is 24.0 Å². The van der Waals surface area contributed by atoms with E-state index in [9.17, 15) is 9.59 Å². The van der Waals surface area contributed by atoms with Crippen LogP contribution in [-0.4, -0.2) is 67.6 Å². The van der Waals surface area contributed by atoms with E-state index in [1.807, 2.05) is 36.2 Å². The van der Waals surface area contributed by atoms with Crippen LogP contribution in [0.5, 0.6) is 17.2 Å². The first kappa shape index (κ1) is 21.6. The van der Waals surface area contributed by atoms with Gasteiger partial charge in [-0.15, -0.1) is 0 Å². The minimum absolute atomic E-state index is 0.0608. The van der Waals surface area contributed by atoms with Gasteiger partial charge in [0.1, 0.15) is 12.3 Å². The summed E-state index contributed by atoms with van der Waals surface area (Å²) in [4.78, 5) is 28.8. The highest BCUT2D eigenvalue weighted by Gasteiger charge is 2.25. The second-order valence-corrected chi connectivity index (χ2v) is 7.09. The molecule has 30 heavy (non-hydrogen) atoms. The van der Waals surface area contributed by atoms with E-state index in [-0.39, 0.29) is 17.2 Å². The Morgan fingerprint density at radius 2 is 2.03 bits per heavy atom. The molecule has 2 aromatic rings. The molecule has 0 aliphatic carbocycles. The van der Waals surface area contributed by atoms with Gasteiger partial charge >= 0.3 is 5.56 Å². The molecule has 2 heterocycles. The Morgan fingerprint density at radius 3 is 2.80 bits per heavy atom. The number of ether oxygens (including phenoxy) is 3. The van der Waals surface area contributed by atoms with Crippen molar-refractivity contribution in [2.75, 3.05) is 51.9 Å². The molecule has 0 radical (unpaired) electrons. The second-order valence-electron chi connectivity index (χ2n) is 7.09. The van der Waals surface area contributed by atoms with Crippen LogP contribution in [0.15, 0.2) is 35.3 Å². The van der Waals surface area contributed by atoms with Gasteiger partial charge in [-0.1, -0.05) is 12.1 Å². The fourth-order valence-corrected chi connectivity index (χ4v) is 3.20. The molecule has 0 atom stereocenters. The Bertz CT molecular complexity index is 930. The topological polar surface area (TPSA) is 86.1 Å². The molecule has 0 spiro atoms. The van der Waals surface area contributed by atoms with E-state index in [2.05, 4.69) is 5.10 Å². The Balaban J connectivity index is 1.53. The monoisotopic (exact) mass is 416 g/mol. The lowest BCUT2D eigenvalue weighted by molar-refractivity contribution is -0.118. The molecule has 0 unspecified atom stereocenters. The van der Waals surface area contributed by atoms with Crippen LogP contribution in [0.2, 0.25) is 0 Å². The molecular weight excluding hydrogens is 388 g/mol. The number of anilines is 1. The van der Waals surface area contributed by atoms with Crippen molar-refractivity contribution in [2.24, 2.45) is 7.05 Å². The Morgan fingerprint density at radius 1 is 1.27 bits per heavy atom. The van der Waals surface area contributed by atoms with Crippen LogP contribution in [0, 0.1) is 0 Å². The second kappa shape index (κ2) is 10.1. The predicted octanol–water partition coefficient (Wildman–Crippen LogP) is 1.31. The van der Waals surface area contributed by atoms with Crippen molar-refractivity contribution in [3.05, 3.63) is 40.8 Å². The summed E-state index contributed by atoms with van der Waals surface area (Å²) in [5.74, 6) is 1.52. The smallest absolute Gasteiger partial charge is 0.311 e. The summed E-state index contributed by atoms with van der Waals surface area (Å²) in [6, 6.07) is 7.49. The van der Waals surface area contributed by atoms with E-state index in [1.54, 1.807) is 19.1 Å². The van der Waals surface area contributed by atoms with E-state index in [0.717, 1.165) is 0 Å². The maximum absolute atomic E-state index is 12.9. The summed E-state index contributed by atoms with van der Waals surface area (Å²) >= 11 is 0. The third-order valence-corrected chi connectivity index (χ3v) is 4.95. The van der Waals surface area contributed by atoms with Gasteiger partial charge in [0.05, 0.1) is 19.9 Å². The lowest BCUT2D eigenvalue weighted by Crippen LogP contribution is -2.36. The molecule has 1 amide bonds. The SMILES string of the molecule is COc1ccccc1OCCN(C)CCC(=O)N1CCCOc2c1cnn(C)c2=O. The molecular formula is C21H28N4O5. The summed E-state index contributed by atoms with van der Waals surface area (Å²) in [5, 5.41) is 4.04. The van der Waals surface area contributed by atoms with Gasteiger partial charge in [-0.2, -0.15) is 5.10 Å². The standard InChI is InChI=1S/C21H28N4O5/c1-23(12-14-29-18-8-5-4-7-17(18)28-3)11-9-19(26)25-10-6-13-30-20-16(25)15-22-24(2)21(20)27/h4-5,7-8,15H,6,9-14H2,1-3H3. The normalized spacial score (nSPS) is 13.4. The third-order valence-electron chi connectivity index (χ3n) is 4.95. The van der Waals surface area contributed by atoms with E-state index < -0.39 is 0 Å². The number of benzene rings is 1. The van der Waals surface area contributed by atoms with Crippen molar-refractivity contribution in [1.82, 2.24) is 14.7 Å². The zero-order chi connectivity index (χ0) is 21.5. The number of methoxy groups -OCH3 is 1. The number of amides is 1. The first-order chi connectivity index (χ1) is 14.5. The lowest BCUT2D eigenvalue weighted by atomic mass is 10.2. The van der Waals surface area contributed by atoms with Crippen molar-refractivity contribution >= 4 is 11.6 Å². The molecule has 3 rings (SSSR count). The van der Waals surface area contributed by atoms with Gasteiger partial charge in [0, 0.05) is 33.1 Å². The number of fused-ring (bicyclic) bond motifs is 1. The number of nitrogens with zero attached hydrogens (tertiary/aromatic N) is 4. The number of rotatable bonds is 8. The summed E-state index contributed by atoms with van der Waals surface area (Å²) in [6.07, 6.45) is 2.50. The van der Waals surface area contributed by atoms with Gasteiger partial charge in [0.2, 0.25) is 11.7 Å². The van der Waals surface area contributed by atoms with Crippen LogP contribution in [0.25, 0.3) is 0 Å². The van der Waals surface area contributed by atoms with Crippen molar-refractivity contribution < 1.29 is 19.0 Å². The molecule has 1 aliphatic rings. The molecule has 0 saturated carbocycles. The maximum atomic E-state index is 12.9. The minimum Gasteiger partial charge on any atom is -0.493 e. The first-order valence-electron chi connectivity index (χ1n) is 9.95. The van der Waals surface area contributed by atoms with E-state index in [0.29, 0.717) is 62.9 Å². The molecule has 1 aromatic heterocycles. The molecule has 162 valence electrons. The Kier molecular flexibility index (Phi) is 7.29. The van der Waals surface area contributed by atoms with E-state index in [4.69, 9.17) is 14.2 Å². The average Bonchev–Trinajstić information content (AvgIpc) is 2.98. The summed E-state index contributed by atoms with van der Waals surface area (Å²) in [5.41, 5.74) is 0.112. The molecule has 1 aromatic carbocycles. The molecule has 0 fully saturated rings. The first-order valence-corrected chi connectivity index (χ1v) is 9.95. The lowest BCUT2D eigenvalue weighted by Gasteiger charge is -2.23. The maximum Gasteiger partial charge on any atom is 0.311 e. The van der Waals surface area contributed by atoms with Gasteiger partial charge in [-0.05, 0) is 25.6 Å². The number of carbonyl (C=O) groups is 1. The van der Waals surface area contributed by atoms with Crippen molar-refractivity contribution in [2.45, 2.75) is 12.8 Å². The molecule has 0 bridgehead atoms. The summed E-state index contributed by atoms with van der Waals surface area (Å²) < 4.78 is 17.8. The van der Waals surface area contributed by atoms with Gasteiger partial charge in [0.25, 0.3) is 0 Å². The number of likely N-dealkylation sites (N-methyl/N-ethyl adjacent to an activating group) is 1. The Labute approximate surface area is 175 Å². The van der Waals surface area contributed by atoms with E-state index in [1.165, 1.54) is 10.9 Å². The molecule has 9 heteroatoms. The highest BCUT2D eigenvalue weighted by atomic mass is 16.5. The average molecular weight is 416 g/mol. The third kappa shape index (κ3) is 5.10. The van der Waals surface area contributed by atoms with Crippen LogP contribution in [0.3, 0.4) is 0 Å². The molecule has 0 N–H and O–H groups in total. The van der Waals surface area contributed by atoms with Gasteiger partial charge in [-0.25, -0.2) is 4.68 Å².